The van der Waals surface area contributed by atoms with Gasteiger partial charge in [0.1, 0.15) is 28.8 Å². The topological polar surface area (TPSA) is 289 Å². The monoisotopic (exact) mass is 1040 g/mol. The molecule has 0 saturated carbocycles. The van der Waals surface area contributed by atoms with Gasteiger partial charge in [-0.25, -0.2) is 28.7 Å². The second-order valence-electron chi connectivity index (χ2n) is 16.6. The summed E-state index contributed by atoms with van der Waals surface area (Å²) in [6, 6.07) is 12.2. The van der Waals surface area contributed by atoms with Crippen molar-refractivity contribution in [2.75, 3.05) is 43.7 Å². The molecule has 10 atom stereocenters. The van der Waals surface area contributed by atoms with Crippen LogP contribution in [0.5, 0.6) is 0 Å². The van der Waals surface area contributed by atoms with E-state index in [0.29, 0.717) is 5.56 Å². The summed E-state index contributed by atoms with van der Waals surface area (Å²) in [5, 5.41) is 31.0. The first-order chi connectivity index (χ1) is 33.4. The number of hydrogen-bond donors (Lipinski definition) is 4. The van der Waals surface area contributed by atoms with Crippen molar-refractivity contribution < 1.29 is 51.0 Å². The van der Waals surface area contributed by atoms with Crippen LogP contribution < -0.4 is 16.2 Å². The molecule has 28 heteroatoms. The molecule has 4 aromatic heterocycles. The zero-order valence-corrected chi connectivity index (χ0v) is 41.4. The maximum atomic E-state index is 17.9. The molecule has 0 bridgehead atoms. The highest BCUT2D eigenvalue weighted by Crippen LogP contribution is 2.71. The van der Waals surface area contributed by atoms with Gasteiger partial charge < -0.3 is 38.0 Å². The number of aliphatic hydroxyl groups is 1. The van der Waals surface area contributed by atoms with Gasteiger partial charge in [0.05, 0.1) is 70.7 Å². The Balaban J connectivity index is 1.27. The van der Waals surface area contributed by atoms with Gasteiger partial charge in [-0.3, -0.25) is 33.8 Å². The van der Waals surface area contributed by atoms with Gasteiger partial charge in [0.25, 0.3) is 11.5 Å². The van der Waals surface area contributed by atoms with Crippen LogP contribution in [0.3, 0.4) is 0 Å². The Morgan fingerprint density at radius 2 is 1.50 bits per heavy atom. The number of nitriles is 2. The van der Waals surface area contributed by atoms with Crippen molar-refractivity contribution in [1.82, 2.24) is 39.0 Å². The lowest BCUT2D eigenvalue weighted by molar-refractivity contribution is -0.118. The van der Waals surface area contributed by atoms with Gasteiger partial charge in [-0.2, -0.15) is 15.5 Å². The summed E-state index contributed by atoms with van der Waals surface area (Å²) in [5.41, 5.74) is -0.717. The van der Waals surface area contributed by atoms with Gasteiger partial charge in [-0.1, -0.05) is 38.1 Å². The van der Waals surface area contributed by atoms with Gasteiger partial charge in [0, 0.05) is 11.5 Å². The Labute approximate surface area is 409 Å². The maximum Gasteiger partial charge on any atom is 0.280 e. The van der Waals surface area contributed by atoms with Crippen molar-refractivity contribution in [2.45, 2.75) is 87.9 Å². The van der Waals surface area contributed by atoms with E-state index in [4.69, 9.17) is 51.2 Å². The third kappa shape index (κ3) is 9.58. The first kappa shape index (κ1) is 52.5. The first-order valence-electron chi connectivity index (χ1n) is 21.6. The van der Waals surface area contributed by atoms with Crippen LogP contribution in [0, 0.1) is 28.6 Å². The minimum atomic E-state index is -4.26. The first-order valence-corrected chi connectivity index (χ1v) is 26.8. The van der Waals surface area contributed by atoms with E-state index < -0.39 is 96.8 Å². The quantitative estimate of drug-likeness (QED) is 0.0402. The molecule has 5 aromatic rings. The van der Waals surface area contributed by atoms with Crippen molar-refractivity contribution in [3.05, 3.63) is 77.9 Å². The number of carbonyl (C=O) groups is 2. The third-order valence-electron chi connectivity index (χ3n) is 12.0. The number of aliphatic hydroxyl groups excluding tert-OH is 1. The molecule has 70 heavy (non-hydrogen) atoms. The van der Waals surface area contributed by atoms with E-state index in [9.17, 15) is 30.0 Å². The van der Waals surface area contributed by atoms with E-state index in [1.807, 2.05) is 12.1 Å². The number of amides is 2. The van der Waals surface area contributed by atoms with Crippen molar-refractivity contribution in [3.63, 3.8) is 0 Å². The van der Waals surface area contributed by atoms with E-state index in [1.165, 1.54) is 30.8 Å². The number of alkyl halides is 2. The fourth-order valence-corrected chi connectivity index (χ4v) is 14.4. The molecule has 22 nitrogen and oxygen atoms in total. The van der Waals surface area contributed by atoms with E-state index >= 15 is 8.78 Å². The highest BCUT2D eigenvalue weighted by molar-refractivity contribution is 8.11. The minimum Gasteiger partial charge on any atom is -0.394 e. The normalized spacial score (nSPS) is 26.1. The summed E-state index contributed by atoms with van der Waals surface area (Å²) in [6.45, 7) is -0.957. The zero-order chi connectivity index (χ0) is 50.6. The van der Waals surface area contributed by atoms with Gasteiger partial charge in [-0.15, -0.1) is 6.58 Å². The molecule has 4 N–H and O–H groups in total. The Morgan fingerprint density at radius 3 is 2.10 bits per heavy atom. The minimum absolute atomic E-state index is 0.0174. The molecule has 0 spiro atoms. The van der Waals surface area contributed by atoms with Gasteiger partial charge in [0.2, 0.25) is 24.8 Å². The second-order valence-corrected chi connectivity index (χ2v) is 24.4. The molecule has 2 aliphatic heterocycles. The Bertz CT molecular complexity index is 3010. The number of fused-ring (bicyclic) bond motifs is 2. The lowest BCUT2D eigenvalue weighted by atomic mass is 10.0. The molecular formula is C42H48F2N12O10P2S2. The molecule has 2 saturated heterocycles. The molecule has 6 heterocycles. The lowest BCUT2D eigenvalue weighted by Gasteiger charge is -2.43. The standard InChI is InChI=1S/C42H48F2N12O10P2S2/c1-6-16-61-67(69,62-17-10-14-45)42(5)27(66-39(31(42)44)56-23-50-29-34(56)52-40(54-37(29)60)53-35(58)24(2)3)20-64-68(70,63-18-11-15-46)41(4)26(19-57)65-38(30(41)43)55-22-49-28-32(47-21-48-33(28)55)51-36(59)25-12-8-7-9-13-25/h6-9,12-13,21-24,26-27,30-31,38-39,57H,1,10-11,16-20H2,2-5H3,(H,47,48,51,59)(H2,52,53,54,58,60)/t26?,27?,30-,31-,38?,39?,41-,42-,67?,68?/m0/s1. The number of rotatable bonds is 21. The summed E-state index contributed by atoms with van der Waals surface area (Å²) in [7, 11) is 0. The lowest BCUT2D eigenvalue weighted by Crippen LogP contribution is -2.48. The summed E-state index contributed by atoms with van der Waals surface area (Å²) >= 11 is 12.3. The van der Waals surface area contributed by atoms with Crippen LogP contribution in [-0.2, 0) is 56.0 Å². The van der Waals surface area contributed by atoms with Crippen LogP contribution in [0.2, 0.25) is 0 Å². The van der Waals surface area contributed by atoms with E-state index in [0.717, 1.165) is 17.2 Å². The number of ether oxygens (including phenoxy) is 2. The van der Waals surface area contributed by atoms with Gasteiger partial charge in [0.15, 0.2) is 52.9 Å². The molecule has 2 amide bonds. The molecule has 372 valence electrons. The summed E-state index contributed by atoms with van der Waals surface area (Å²) in [6.07, 6.45) is -6.17. The number of halogens is 2. The van der Waals surface area contributed by atoms with Crippen LogP contribution in [0.4, 0.5) is 20.5 Å². The number of benzene rings is 1. The molecule has 1 aromatic carbocycles. The zero-order valence-electron chi connectivity index (χ0n) is 38.0. The van der Waals surface area contributed by atoms with E-state index in [2.05, 4.69) is 47.1 Å². The van der Waals surface area contributed by atoms with Crippen LogP contribution in [0.1, 0.15) is 63.4 Å². The SMILES string of the molecule is C=CCOP(=S)(OCCC#N)[C@@]1(C)C(COP(=S)(OCCC#N)[C@@]2(C)C(CO)OC(n3cnc4c(NC(=O)c5ccccc5)ncnc43)[C@@H]2F)OC(n2cnc3c(=O)[nH]c(NC(=O)C(C)C)nc32)[C@@H]1F. The fourth-order valence-electron chi connectivity index (χ4n) is 7.89. The predicted molar refractivity (Wildman–Crippen MR) is 256 cm³/mol. The molecule has 7 rings (SSSR count). The Morgan fingerprint density at radius 1 is 0.914 bits per heavy atom. The van der Waals surface area contributed by atoms with Gasteiger partial charge >= 0.3 is 0 Å². The number of imidazole rings is 2. The Kier molecular flexibility index (Phi) is 16.2. The van der Waals surface area contributed by atoms with Crippen molar-refractivity contribution in [2.24, 2.45) is 5.92 Å². The number of nitrogens with zero attached hydrogens (tertiary/aromatic N) is 9. The molecule has 0 radical (unpaired) electrons. The Hall–Kier alpha value is -5.34. The number of aromatic nitrogens is 8. The fraction of sp³-hybridized carbons (Fsp3) is 0.476. The number of H-pyrrole nitrogens is 1. The third-order valence-corrected chi connectivity index (χ3v) is 21.0. The summed E-state index contributed by atoms with van der Waals surface area (Å²) < 4.78 is 75.8. The van der Waals surface area contributed by atoms with Crippen molar-refractivity contribution in [3.8, 4) is 12.1 Å². The summed E-state index contributed by atoms with van der Waals surface area (Å²) in [5.74, 6) is -1.70. The summed E-state index contributed by atoms with van der Waals surface area (Å²) in [4.78, 5) is 62.7. The molecule has 2 fully saturated rings. The number of carbonyl (C=O) groups excluding carboxylic acids is 2. The number of nitrogens with one attached hydrogen (secondary N) is 3. The van der Waals surface area contributed by atoms with Gasteiger partial charge in [-0.05, 0) is 49.6 Å². The number of hydrogen-bond acceptors (Lipinski definition) is 19. The average molecular weight is 1040 g/mol. The molecule has 0 aliphatic carbocycles. The second kappa shape index (κ2) is 21.6. The van der Waals surface area contributed by atoms with E-state index in [1.54, 1.807) is 44.2 Å². The smallest absolute Gasteiger partial charge is 0.280 e. The largest absolute Gasteiger partial charge is 0.394 e. The number of anilines is 2. The highest BCUT2D eigenvalue weighted by atomic mass is 32.5. The van der Waals surface area contributed by atoms with Crippen LogP contribution >= 0.6 is 13.0 Å². The highest BCUT2D eigenvalue weighted by Gasteiger charge is 2.67. The van der Waals surface area contributed by atoms with Crippen LogP contribution in [0.15, 0.2) is 66.8 Å². The van der Waals surface area contributed by atoms with Crippen molar-refractivity contribution in [1.29, 1.82) is 10.5 Å². The van der Waals surface area contributed by atoms with Crippen LogP contribution in [0.25, 0.3) is 22.3 Å². The average Bonchev–Trinajstić information content (AvgIpc) is 4.10. The maximum absolute atomic E-state index is 17.9. The van der Waals surface area contributed by atoms with Crippen LogP contribution in [-0.4, -0.2) is 124 Å². The van der Waals surface area contributed by atoms with E-state index in [-0.39, 0.29) is 66.8 Å². The van der Waals surface area contributed by atoms with Crippen molar-refractivity contribution >= 4 is 82.5 Å². The molecule has 6 unspecified atom stereocenters. The molecular weight excluding hydrogens is 997 g/mol. The molecule has 2 aliphatic rings. The number of aromatic amines is 1. The predicted octanol–water partition coefficient (Wildman–Crippen LogP) is 5.49.